The highest BCUT2D eigenvalue weighted by molar-refractivity contribution is 9.10. The number of carbonyl (C=O) groups excluding carboxylic acids is 1. The summed E-state index contributed by atoms with van der Waals surface area (Å²) < 4.78 is 11.3. The number of benzene rings is 2. The summed E-state index contributed by atoms with van der Waals surface area (Å²) in [5.41, 5.74) is 8.01. The van der Waals surface area contributed by atoms with Gasteiger partial charge >= 0.3 is 5.97 Å². The second-order valence-electron chi connectivity index (χ2n) is 4.54. The number of rotatable bonds is 5. The van der Waals surface area contributed by atoms with Crippen molar-refractivity contribution >= 4 is 27.6 Å². The molecular weight excluding hydrogens is 334 g/mol. The van der Waals surface area contributed by atoms with Gasteiger partial charge in [0.2, 0.25) is 0 Å². The third kappa shape index (κ3) is 4.49. The fourth-order valence-electron chi connectivity index (χ4n) is 1.80. The van der Waals surface area contributed by atoms with Gasteiger partial charge in [-0.15, -0.1) is 0 Å². The van der Waals surface area contributed by atoms with Gasteiger partial charge in [-0.05, 0) is 35.9 Å². The van der Waals surface area contributed by atoms with Crippen LogP contribution in [-0.4, -0.2) is 13.1 Å². The van der Waals surface area contributed by atoms with Gasteiger partial charge in [-0.3, -0.25) is 4.79 Å². The molecule has 0 aliphatic carbocycles. The molecule has 5 heteroatoms. The monoisotopic (exact) mass is 349 g/mol. The van der Waals surface area contributed by atoms with Gasteiger partial charge in [-0.2, -0.15) is 0 Å². The molecule has 0 unspecified atom stereocenters. The number of nitrogens with two attached hydrogens (primary N) is 1. The Balaban J connectivity index is 1.93. The zero-order valence-electron chi connectivity index (χ0n) is 11.6. The predicted molar refractivity (Wildman–Crippen MR) is 85.0 cm³/mol. The topological polar surface area (TPSA) is 61.5 Å². The van der Waals surface area contributed by atoms with Crippen molar-refractivity contribution in [3.63, 3.8) is 0 Å². The molecule has 0 saturated heterocycles. The van der Waals surface area contributed by atoms with Crippen LogP contribution in [0.15, 0.2) is 46.9 Å². The Morgan fingerprint density at radius 1 is 1.19 bits per heavy atom. The van der Waals surface area contributed by atoms with E-state index in [1.807, 2.05) is 30.3 Å². The smallest absolute Gasteiger partial charge is 0.310 e. The molecule has 21 heavy (non-hydrogen) atoms. The average Bonchev–Trinajstić information content (AvgIpc) is 2.49. The minimum atomic E-state index is -0.283. The van der Waals surface area contributed by atoms with Crippen LogP contribution in [0.1, 0.15) is 11.1 Å². The molecule has 0 aliphatic rings. The third-order valence-electron chi connectivity index (χ3n) is 2.97. The number of nitrogen functional groups attached to an aromatic ring is 1. The lowest BCUT2D eigenvalue weighted by Gasteiger charge is -2.09. The number of hydrogen-bond acceptors (Lipinski definition) is 4. The zero-order chi connectivity index (χ0) is 15.2. The van der Waals surface area contributed by atoms with Crippen molar-refractivity contribution in [3.8, 4) is 5.75 Å². The van der Waals surface area contributed by atoms with Crippen molar-refractivity contribution in [3.05, 3.63) is 58.1 Å². The van der Waals surface area contributed by atoms with E-state index in [4.69, 9.17) is 15.2 Å². The molecule has 0 radical (unpaired) electrons. The van der Waals surface area contributed by atoms with Crippen molar-refractivity contribution < 1.29 is 14.3 Å². The van der Waals surface area contributed by atoms with Crippen LogP contribution in [0, 0.1) is 0 Å². The lowest BCUT2D eigenvalue weighted by atomic mass is 10.1. The second-order valence-corrected chi connectivity index (χ2v) is 5.39. The summed E-state index contributed by atoms with van der Waals surface area (Å²) in [6.45, 7) is 0.200. The van der Waals surface area contributed by atoms with Crippen LogP contribution in [-0.2, 0) is 22.6 Å². The van der Waals surface area contributed by atoms with Crippen molar-refractivity contribution in [2.24, 2.45) is 0 Å². The molecule has 0 saturated carbocycles. The van der Waals surface area contributed by atoms with E-state index in [2.05, 4.69) is 15.9 Å². The Labute approximate surface area is 132 Å². The Morgan fingerprint density at radius 3 is 2.57 bits per heavy atom. The molecule has 0 atom stereocenters. The number of carbonyl (C=O) groups is 1. The SMILES string of the molecule is COc1ccc(Br)c(COC(=O)Cc2ccc(N)cc2)c1. The van der Waals surface area contributed by atoms with Crippen molar-refractivity contribution in [1.82, 2.24) is 0 Å². The van der Waals surface area contributed by atoms with E-state index in [9.17, 15) is 4.79 Å². The number of esters is 1. The number of methoxy groups -OCH3 is 1. The van der Waals surface area contributed by atoms with Gasteiger partial charge < -0.3 is 15.2 Å². The molecule has 2 rings (SSSR count). The minimum Gasteiger partial charge on any atom is -0.497 e. The fourth-order valence-corrected chi connectivity index (χ4v) is 2.16. The number of hydrogen-bond donors (Lipinski definition) is 1. The Bertz CT molecular complexity index is 626. The first-order valence-electron chi connectivity index (χ1n) is 6.41. The summed E-state index contributed by atoms with van der Waals surface area (Å²) in [4.78, 5) is 11.8. The van der Waals surface area contributed by atoms with Crippen LogP contribution in [0.3, 0.4) is 0 Å². The van der Waals surface area contributed by atoms with Crippen molar-refractivity contribution in [1.29, 1.82) is 0 Å². The molecule has 0 aromatic heterocycles. The summed E-state index contributed by atoms with van der Waals surface area (Å²) >= 11 is 3.42. The van der Waals surface area contributed by atoms with Gasteiger partial charge in [-0.25, -0.2) is 0 Å². The van der Waals surface area contributed by atoms with Crippen LogP contribution in [0.5, 0.6) is 5.75 Å². The lowest BCUT2D eigenvalue weighted by Crippen LogP contribution is -2.08. The molecule has 0 spiro atoms. The standard InChI is InChI=1S/C16H16BrNO3/c1-20-14-6-7-15(17)12(9-14)10-21-16(19)8-11-2-4-13(18)5-3-11/h2-7,9H,8,10,18H2,1H3. The fraction of sp³-hybridized carbons (Fsp3) is 0.188. The highest BCUT2D eigenvalue weighted by atomic mass is 79.9. The molecule has 110 valence electrons. The normalized spacial score (nSPS) is 10.2. The first kappa shape index (κ1) is 15.4. The van der Waals surface area contributed by atoms with Gasteiger partial charge in [0.05, 0.1) is 13.5 Å². The molecule has 0 heterocycles. The van der Waals surface area contributed by atoms with Gasteiger partial charge in [0.15, 0.2) is 0 Å². The summed E-state index contributed by atoms with van der Waals surface area (Å²) in [6, 6.07) is 12.7. The number of halogens is 1. The van der Waals surface area contributed by atoms with Crippen molar-refractivity contribution in [2.75, 3.05) is 12.8 Å². The van der Waals surface area contributed by atoms with Gasteiger partial charge in [0.1, 0.15) is 12.4 Å². The molecule has 0 aliphatic heterocycles. The largest absolute Gasteiger partial charge is 0.497 e. The highest BCUT2D eigenvalue weighted by Gasteiger charge is 2.08. The number of ether oxygens (including phenoxy) is 2. The summed E-state index contributed by atoms with van der Waals surface area (Å²) in [5, 5.41) is 0. The quantitative estimate of drug-likeness (QED) is 0.664. The van der Waals surface area contributed by atoms with E-state index in [1.165, 1.54) is 0 Å². The molecule has 2 N–H and O–H groups in total. The lowest BCUT2D eigenvalue weighted by molar-refractivity contribution is -0.144. The summed E-state index contributed by atoms with van der Waals surface area (Å²) in [7, 11) is 1.60. The minimum absolute atomic E-state index is 0.200. The molecule has 2 aromatic rings. The Hall–Kier alpha value is -2.01. The molecular formula is C16H16BrNO3. The van der Waals surface area contributed by atoms with Crippen LogP contribution in [0.4, 0.5) is 5.69 Å². The first-order valence-corrected chi connectivity index (χ1v) is 7.20. The van der Waals surface area contributed by atoms with E-state index >= 15 is 0 Å². The van der Waals surface area contributed by atoms with E-state index < -0.39 is 0 Å². The maximum atomic E-state index is 11.8. The molecule has 0 bridgehead atoms. The van der Waals surface area contributed by atoms with E-state index in [1.54, 1.807) is 19.2 Å². The second kappa shape index (κ2) is 7.13. The maximum absolute atomic E-state index is 11.8. The number of anilines is 1. The van der Waals surface area contributed by atoms with Crippen molar-refractivity contribution in [2.45, 2.75) is 13.0 Å². The maximum Gasteiger partial charge on any atom is 0.310 e. The van der Waals surface area contributed by atoms with Gasteiger partial charge in [-0.1, -0.05) is 28.1 Å². The van der Waals surface area contributed by atoms with Crippen LogP contribution in [0.25, 0.3) is 0 Å². The van der Waals surface area contributed by atoms with Gasteiger partial charge in [0.25, 0.3) is 0 Å². The molecule has 2 aromatic carbocycles. The highest BCUT2D eigenvalue weighted by Crippen LogP contribution is 2.23. The predicted octanol–water partition coefficient (Wildman–Crippen LogP) is 3.33. The van der Waals surface area contributed by atoms with E-state index in [0.717, 1.165) is 21.3 Å². The van der Waals surface area contributed by atoms with E-state index in [-0.39, 0.29) is 19.0 Å². The van der Waals surface area contributed by atoms with Crippen LogP contribution < -0.4 is 10.5 Å². The molecule has 0 amide bonds. The zero-order valence-corrected chi connectivity index (χ0v) is 13.2. The molecule has 4 nitrogen and oxygen atoms in total. The third-order valence-corrected chi connectivity index (χ3v) is 3.74. The molecule has 0 fully saturated rings. The van der Waals surface area contributed by atoms with E-state index in [0.29, 0.717) is 5.69 Å². The van der Waals surface area contributed by atoms with Crippen LogP contribution in [0.2, 0.25) is 0 Å². The van der Waals surface area contributed by atoms with Crippen LogP contribution >= 0.6 is 15.9 Å². The Morgan fingerprint density at radius 2 is 1.90 bits per heavy atom. The Kier molecular flexibility index (Phi) is 5.22. The summed E-state index contributed by atoms with van der Waals surface area (Å²) in [5.74, 6) is 0.442. The average molecular weight is 350 g/mol. The summed E-state index contributed by atoms with van der Waals surface area (Å²) in [6.07, 6.45) is 0.224. The van der Waals surface area contributed by atoms with Gasteiger partial charge in [0, 0.05) is 15.7 Å². The first-order chi connectivity index (χ1) is 10.1.